The van der Waals surface area contributed by atoms with E-state index in [0.717, 1.165) is 32.2 Å². The number of nitro groups is 1. The number of piperazine rings is 1. The number of benzene rings is 1. The van der Waals surface area contributed by atoms with Gasteiger partial charge in [-0.05, 0) is 6.07 Å². The van der Waals surface area contributed by atoms with Crippen LogP contribution in [0.5, 0.6) is 5.75 Å². The number of methoxy groups -OCH3 is 1. The summed E-state index contributed by atoms with van der Waals surface area (Å²) in [6.45, 7) is 4.30. The molecule has 0 atom stereocenters. The second-order valence-electron chi connectivity index (χ2n) is 5.08. The minimum Gasteiger partial charge on any atom is -0.495 e. The fourth-order valence-electron chi connectivity index (χ4n) is 2.34. The van der Waals surface area contributed by atoms with Gasteiger partial charge in [-0.3, -0.25) is 15.0 Å². The van der Waals surface area contributed by atoms with Gasteiger partial charge in [-0.1, -0.05) is 0 Å². The van der Waals surface area contributed by atoms with Gasteiger partial charge in [-0.25, -0.2) is 13.1 Å². The lowest BCUT2D eigenvalue weighted by molar-refractivity contribution is -0.385. The molecular formula is C13H22Cl2N4O5S. The molecule has 1 aliphatic rings. The number of nitro benzene ring substituents is 1. The smallest absolute Gasteiger partial charge is 0.271 e. The number of nitrogens with zero attached hydrogens (tertiary/aromatic N) is 2. The van der Waals surface area contributed by atoms with E-state index in [2.05, 4.69) is 14.9 Å². The van der Waals surface area contributed by atoms with Crippen LogP contribution in [0.15, 0.2) is 23.1 Å². The Labute approximate surface area is 159 Å². The van der Waals surface area contributed by atoms with E-state index in [1.165, 1.54) is 19.2 Å². The van der Waals surface area contributed by atoms with Gasteiger partial charge in [-0.2, -0.15) is 0 Å². The van der Waals surface area contributed by atoms with Crippen molar-refractivity contribution < 1.29 is 18.1 Å². The summed E-state index contributed by atoms with van der Waals surface area (Å²) in [5.74, 6) is 0.0743. The first-order valence-electron chi connectivity index (χ1n) is 7.19. The Morgan fingerprint density at radius 3 is 2.52 bits per heavy atom. The van der Waals surface area contributed by atoms with Crippen LogP contribution in [0, 0.1) is 10.1 Å². The van der Waals surface area contributed by atoms with Crippen LogP contribution in [0.25, 0.3) is 0 Å². The van der Waals surface area contributed by atoms with Crippen molar-refractivity contribution in [2.24, 2.45) is 0 Å². The highest BCUT2D eigenvalue weighted by atomic mass is 35.5. The highest BCUT2D eigenvalue weighted by molar-refractivity contribution is 7.89. The average Bonchev–Trinajstić information content (AvgIpc) is 2.55. The SMILES string of the molecule is COc1ccc([N+](=O)[O-])cc1S(=O)(=O)NCCN1CCNCC1.Cl.Cl. The molecule has 0 spiro atoms. The van der Waals surface area contributed by atoms with Crippen molar-refractivity contribution in [3.63, 3.8) is 0 Å². The predicted octanol–water partition coefficient (Wildman–Crippen LogP) is 0.630. The molecule has 1 aliphatic heterocycles. The zero-order chi connectivity index (χ0) is 16.9. The van der Waals surface area contributed by atoms with Crippen molar-refractivity contribution in [3.8, 4) is 5.75 Å². The van der Waals surface area contributed by atoms with Crippen LogP contribution in [-0.2, 0) is 10.0 Å². The summed E-state index contributed by atoms with van der Waals surface area (Å²) in [5, 5.41) is 14.1. The predicted molar refractivity (Wildman–Crippen MR) is 98.6 cm³/mol. The van der Waals surface area contributed by atoms with Crippen molar-refractivity contribution in [1.29, 1.82) is 0 Å². The molecule has 0 amide bonds. The van der Waals surface area contributed by atoms with Crippen molar-refractivity contribution >= 4 is 40.5 Å². The van der Waals surface area contributed by atoms with Crippen molar-refractivity contribution in [1.82, 2.24) is 14.9 Å². The molecule has 1 fully saturated rings. The second kappa shape index (κ2) is 10.7. The van der Waals surface area contributed by atoms with Crippen LogP contribution in [0.3, 0.4) is 0 Å². The topological polar surface area (TPSA) is 114 Å². The van der Waals surface area contributed by atoms with E-state index in [1.807, 2.05) is 0 Å². The Kier molecular flexibility index (Phi) is 10.2. The largest absolute Gasteiger partial charge is 0.495 e. The summed E-state index contributed by atoms with van der Waals surface area (Å²) in [5.41, 5.74) is -0.298. The molecule has 1 saturated heterocycles. The van der Waals surface area contributed by atoms with Crippen LogP contribution in [-0.4, -0.2) is 64.6 Å². The Bertz CT molecular complexity index is 668. The zero-order valence-corrected chi connectivity index (χ0v) is 16.1. The molecule has 25 heavy (non-hydrogen) atoms. The number of sulfonamides is 1. The number of rotatable bonds is 7. The van der Waals surface area contributed by atoms with E-state index in [0.29, 0.717) is 6.54 Å². The highest BCUT2D eigenvalue weighted by Gasteiger charge is 2.23. The van der Waals surface area contributed by atoms with Gasteiger partial charge in [0.25, 0.3) is 5.69 Å². The van der Waals surface area contributed by atoms with Crippen LogP contribution >= 0.6 is 24.8 Å². The Morgan fingerprint density at radius 1 is 1.32 bits per heavy atom. The maximum Gasteiger partial charge on any atom is 0.271 e. The van der Waals surface area contributed by atoms with E-state index in [4.69, 9.17) is 4.74 Å². The first-order valence-corrected chi connectivity index (χ1v) is 8.67. The molecule has 0 saturated carbocycles. The molecule has 0 radical (unpaired) electrons. The Hall–Kier alpha value is -1.17. The summed E-state index contributed by atoms with van der Waals surface area (Å²) in [7, 11) is -2.56. The highest BCUT2D eigenvalue weighted by Crippen LogP contribution is 2.27. The average molecular weight is 417 g/mol. The van der Waals surface area contributed by atoms with Crippen LogP contribution in [0.1, 0.15) is 0 Å². The van der Waals surface area contributed by atoms with Gasteiger partial charge in [0.2, 0.25) is 10.0 Å². The molecule has 2 N–H and O–H groups in total. The standard InChI is InChI=1S/C13H20N4O5S.2ClH/c1-22-12-3-2-11(17(18)19)10-13(12)23(20,21)15-6-9-16-7-4-14-5-8-16;;/h2-3,10,14-15H,4-9H2,1H3;2*1H. The monoisotopic (exact) mass is 416 g/mol. The van der Waals surface area contributed by atoms with Crippen LogP contribution in [0.2, 0.25) is 0 Å². The first kappa shape index (κ1) is 23.8. The Morgan fingerprint density at radius 2 is 1.96 bits per heavy atom. The van der Waals surface area contributed by atoms with E-state index in [1.54, 1.807) is 0 Å². The van der Waals surface area contributed by atoms with Crippen molar-refractivity contribution in [3.05, 3.63) is 28.3 Å². The molecule has 0 unspecified atom stereocenters. The quantitative estimate of drug-likeness (QED) is 0.494. The molecule has 0 bridgehead atoms. The van der Waals surface area contributed by atoms with Crippen LogP contribution in [0.4, 0.5) is 5.69 Å². The zero-order valence-electron chi connectivity index (χ0n) is 13.6. The summed E-state index contributed by atoms with van der Waals surface area (Å²) >= 11 is 0. The van der Waals surface area contributed by atoms with Crippen molar-refractivity contribution in [2.45, 2.75) is 4.90 Å². The molecule has 144 valence electrons. The molecule has 0 aliphatic carbocycles. The molecule has 1 aromatic rings. The number of ether oxygens (including phenoxy) is 1. The van der Waals surface area contributed by atoms with Gasteiger partial charge in [0, 0.05) is 51.4 Å². The lowest BCUT2D eigenvalue weighted by Gasteiger charge is -2.27. The van der Waals surface area contributed by atoms with E-state index in [9.17, 15) is 18.5 Å². The van der Waals surface area contributed by atoms with Gasteiger partial charge in [0.1, 0.15) is 10.6 Å². The van der Waals surface area contributed by atoms with E-state index >= 15 is 0 Å². The maximum atomic E-state index is 12.4. The van der Waals surface area contributed by atoms with Gasteiger partial charge < -0.3 is 10.1 Å². The lowest BCUT2D eigenvalue weighted by atomic mass is 10.3. The number of non-ortho nitro benzene ring substituents is 1. The number of hydrogen-bond acceptors (Lipinski definition) is 7. The van der Waals surface area contributed by atoms with Gasteiger partial charge >= 0.3 is 0 Å². The summed E-state index contributed by atoms with van der Waals surface area (Å²) < 4.78 is 32.2. The van der Waals surface area contributed by atoms with E-state index in [-0.39, 0.29) is 47.7 Å². The summed E-state index contributed by atoms with van der Waals surface area (Å²) in [6, 6.07) is 3.49. The van der Waals surface area contributed by atoms with Gasteiger partial charge in [-0.15, -0.1) is 24.8 Å². The molecule has 9 nitrogen and oxygen atoms in total. The van der Waals surface area contributed by atoms with E-state index < -0.39 is 14.9 Å². The fraction of sp³-hybridized carbons (Fsp3) is 0.538. The fourth-order valence-corrected chi connectivity index (χ4v) is 3.55. The van der Waals surface area contributed by atoms with Gasteiger partial charge in [0.05, 0.1) is 12.0 Å². The lowest BCUT2D eigenvalue weighted by Crippen LogP contribution is -2.46. The number of halogens is 2. The third-order valence-electron chi connectivity index (χ3n) is 3.58. The maximum absolute atomic E-state index is 12.4. The van der Waals surface area contributed by atoms with Crippen LogP contribution < -0.4 is 14.8 Å². The van der Waals surface area contributed by atoms with Crippen molar-refractivity contribution in [2.75, 3.05) is 46.4 Å². The normalized spacial score (nSPS) is 14.9. The number of nitrogens with one attached hydrogen (secondary N) is 2. The minimum atomic E-state index is -3.88. The molecule has 1 aromatic carbocycles. The molecule has 0 aromatic heterocycles. The molecular weight excluding hydrogens is 395 g/mol. The Balaban J connectivity index is 0.00000288. The third kappa shape index (κ3) is 6.57. The second-order valence-corrected chi connectivity index (χ2v) is 6.82. The first-order chi connectivity index (χ1) is 10.9. The summed E-state index contributed by atoms with van der Waals surface area (Å²) in [4.78, 5) is 12.1. The molecule has 2 rings (SSSR count). The minimum absolute atomic E-state index is 0. The third-order valence-corrected chi connectivity index (χ3v) is 5.06. The van der Waals surface area contributed by atoms with Gasteiger partial charge in [0.15, 0.2) is 0 Å². The molecule has 1 heterocycles. The number of hydrogen-bond donors (Lipinski definition) is 2. The summed E-state index contributed by atoms with van der Waals surface area (Å²) in [6.07, 6.45) is 0. The molecule has 12 heteroatoms.